The molecule has 0 atom stereocenters. The van der Waals surface area contributed by atoms with E-state index in [1.54, 1.807) is 20.7 Å². The van der Waals surface area contributed by atoms with Crippen molar-refractivity contribution in [1.29, 1.82) is 5.41 Å². The first-order valence-electron chi connectivity index (χ1n) is 8.40. The van der Waals surface area contributed by atoms with Crippen LogP contribution in [-0.2, 0) is 6.54 Å². The van der Waals surface area contributed by atoms with Crippen molar-refractivity contribution in [1.82, 2.24) is 24.8 Å². The van der Waals surface area contributed by atoms with Crippen LogP contribution in [0.4, 0.5) is 0 Å². The van der Waals surface area contributed by atoms with Crippen LogP contribution >= 0.6 is 12.4 Å². The molecule has 0 spiro atoms. The average Bonchev–Trinajstić information content (AvgIpc) is 3.03. The van der Waals surface area contributed by atoms with E-state index in [0.29, 0.717) is 31.9 Å². The van der Waals surface area contributed by atoms with E-state index < -0.39 is 0 Å². The van der Waals surface area contributed by atoms with Crippen molar-refractivity contribution in [3.63, 3.8) is 0 Å². The summed E-state index contributed by atoms with van der Waals surface area (Å²) >= 11 is 0. The van der Waals surface area contributed by atoms with Crippen molar-refractivity contribution in [3.8, 4) is 0 Å². The number of rotatable bonds is 7. The van der Waals surface area contributed by atoms with Gasteiger partial charge >= 0.3 is 0 Å². The summed E-state index contributed by atoms with van der Waals surface area (Å²) in [6.45, 7) is 5.30. The quantitative estimate of drug-likeness (QED) is 0.435. The van der Waals surface area contributed by atoms with Gasteiger partial charge in [0.15, 0.2) is 11.7 Å². The minimum atomic E-state index is -0.0922. The van der Waals surface area contributed by atoms with Crippen LogP contribution in [0.25, 0.3) is 0 Å². The zero-order valence-corrected chi connectivity index (χ0v) is 15.1. The van der Waals surface area contributed by atoms with E-state index in [1.165, 1.54) is 25.7 Å². The average molecular weight is 358 g/mol. The van der Waals surface area contributed by atoms with Gasteiger partial charge in [0, 0.05) is 32.7 Å². The van der Waals surface area contributed by atoms with Crippen LogP contribution in [0.15, 0.2) is 6.20 Å². The van der Waals surface area contributed by atoms with Gasteiger partial charge in [0.2, 0.25) is 0 Å². The van der Waals surface area contributed by atoms with E-state index in [4.69, 9.17) is 11.1 Å². The summed E-state index contributed by atoms with van der Waals surface area (Å²) in [6, 6.07) is 0. The molecule has 1 aliphatic rings. The normalized spacial score (nSPS) is 14.4. The van der Waals surface area contributed by atoms with Crippen molar-refractivity contribution in [2.45, 2.75) is 45.6 Å². The fourth-order valence-electron chi connectivity index (χ4n) is 2.70. The smallest absolute Gasteiger partial charge is 0.276 e. The Balaban J connectivity index is 0.00000288. The van der Waals surface area contributed by atoms with Gasteiger partial charge in [0.25, 0.3) is 5.91 Å². The maximum atomic E-state index is 12.4. The predicted octanol–water partition coefficient (Wildman–Crippen LogP) is 1.32. The molecule has 1 aromatic rings. The largest absolute Gasteiger partial charge is 0.370 e. The summed E-state index contributed by atoms with van der Waals surface area (Å²) in [4.78, 5) is 15.9. The maximum absolute atomic E-state index is 12.4. The molecule has 0 bridgehead atoms. The molecular weight excluding hydrogens is 330 g/mol. The fourth-order valence-corrected chi connectivity index (χ4v) is 2.70. The second-order valence-electron chi connectivity index (χ2n) is 5.95. The van der Waals surface area contributed by atoms with E-state index in [2.05, 4.69) is 17.2 Å². The summed E-state index contributed by atoms with van der Waals surface area (Å²) in [5.41, 5.74) is 5.86. The molecular formula is C15H28ClN7O. The summed E-state index contributed by atoms with van der Waals surface area (Å²) < 4.78 is 1.75. The maximum Gasteiger partial charge on any atom is 0.276 e. The second-order valence-corrected chi connectivity index (χ2v) is 5.95. The molecule has 0 aromatic carbocycles. The Hall–Kier alpha value is -1.83. The van der Waals surface area contributed by atoms with Crippen molar-refractivity contribution < 1.29 is 4.79 Å². The molecule has 1 amide bonds. The molecule has 0 radical (unpaired) electrons. The topological polar surface area (TPSA) is 104 Å². The molecule has 1 fully saturated rings. The van der Waals surface area contributed by atoms with Crippen LogP contribution in [-0.4, -0.2) is 62.8 Å². The van der Waals surface area contributed by atoms with Gasteiger partial charge in [-0.25, -0.2) is 0 Å². The lowest BCUT2D eigenvalue weighted by molar-refractivity contribution is 0.0684. The van der Waals surface area contributed by atoms with Crippen molar-refractivity contribution in [2.75, 3.05) is 26.2 Å². The molecule has 24 heavy (non-hydrogen) atoms. The zero-order valence-electron chi connectivity index (χ0n) is 14.3. The molecule has 3 N–H and O–H groups in total. The van der Waals surface area contributed by atoms with Crippen LogP contribution < -0.4 is 5.73 Å². The van der Waals surface area contributed by atoms with E-state index >= 15 is 0 Å². The Kier molecular flexibility index (Phi) is 8.53. The highest BCUT2D eigenvalue weighted by molar-refractivity contribution is 5.92. The highest BCUT2D eigenvalue weighted by Crippen LogP contribution is 2.08. The van der Waals surface area contributed by atoms with Gasteiger partial charge in [-0.1, -0.05) is 37.8 Å². The first-order chi connectivity index (χ1) is 11.1. The molecule has 0 aliphatic carbocycles. The van der Waals surface area contributed by atoms with Gasteiger partial charge in [-0.3, -0.25) is 14.9 Å². The number of nitrogens with zero attached hydrogens (tertiary/aromatic N) is 5. The van der Waals surface area contributed by atoms with Crippen LogP contribution in [0.1, 0.15) is 49.5 Å². The highest BCUT2D eigenvalue weighted by Gasteiger charge is 2.24. The van der Waals surface area contributed by atoms with Gasteiger partial charge in [-0.2, -0.15) is 0 Å². The zero-order chi connectivity index (χ0) is 16.7. The third kappa shape index (κ3) is 5.67. The van der Waals surface area contributed by atoms with Crippen molar-refractivity contribution in [2.24, 2.45) is 5.73 Å². The highest BCUT2D eigenvalue weighted by atomic mass is 35.5. The standard InChI is InChI=1S/C15H27N7O.ClH/c1-2-3-4-5-6-7-22-12-13(18-19-22)14(23)20-8-10-21(11-9-20)15(16)17;/h12H,2-11H2,1H3,(H3,16,17);1H. The molecule has 1 aliphatic heterocycles. The Morgan fingerprint density at radius 2 is 1.79 bits per heavy atom. The van der Waals surface area contributed by atoms with Crippen LogP contribution in [0.2, 0.25) is 0 Å². The lowest BCUT2D eigenvalue weighted by Crippen LogP contribution is -2.52. The Bertz CT molecular complexity index is 526. The molecule has 0 unspecified atom stereocenters. The van der Waals surface area contributed by atoms with Gasteiger partial charge < -0.3 is 15.5 Å². The van der Waals surface area contributed by atoms with E-state index in [9.17, 15) is 4.79 Å². The number of guanidine groups is 1. The minimum Gasteiger partial charge on any atom is -0.370 e. The Morgan fingerprint density at radius 1 is 1.17 bits per heavy atom. The predicted molar refractivity (Wildman–Crippen MR) is 95.4 cm³/mol. The molecule has 8 nitrogen and oxygen atoms in total. The number of halogens is 1. The molecule has 1 aromatic heterocycles. The SMILES string of the molecule is CCCCCCCn1cc(C(=O)N2CCN(C(=N)N)CC2)nn1.Cl. The number of piperazine rings is 1. The molecule has 2 rings (SSSR count). The lowest BCUT2D eigenvalue weighted by Gasteiger charge is -2.34. The third-order valence-electron chi connectivity index (χ3n) is 4.16. The van der Waals surface area contributed by atoms with E-state index in [0.717, 1.165) is 13.0 Å². The Morgan fingerprint density at radius 3 is 2.42 bits per heavy atom. The monoisotopic (exact) mass is 357 g/mol. The number of unbranched alkanes of at least 4 members (excludes halogenated alkanes) is 4. The molecule has 136 valence electrons. The lowest BCUT2D eigenvalue weighted by atomic mass is 10.1. The van der Waals surface area contributed by atoms with E-state index in [1.807, 2.05) is 0 Å². The summed E-state index contributed by atoms with van der Waals surface area (Å²) in [5.74, 6) is -0.0310. The van der Waals surface area contributed by atoms with Gasteiger partial charge in [-0.05, 0) is 6.42 Å². The van der Waals surface area contributed by atoms with Crippen molar-refractivity contribution >= 4 is 24.3 Å². The number of aromatic nitrogens is 3. The van der Waals surface area contributed by atoms with Gasteiger partial charge in [0.1, 0.15) is 0 Å². The molecule has 0 saturated carbocycles. The summed E-state index contributed by atoms with van der Waals surface area (Å²) in [7, 11) is 0. The summed E-state index contributed by atoms with van der Waals surface area (Å²) in [5, 5.41) is 15.5. The molecule has 1 saturated heterocycles. The number of amides is 1. The summed E-state index contributed by atoms with van der Waals surface area (Å²) in [6.07, 6.45) is 7.74. The number of nitrogens with two attached hydrogens (primary N) is 1. The first kappa shape index (κ1) is 20.2. The van der Waals surface area contributed by atoms with E-state index in [-0.39, 0.29) is 24.3 Å². The van der Waals surface area contributed by atoms with Crippen molar-refractivity contribution in [3.05, 3.63) is 11.9 Å². The van der Waals surface area contributed by atoms with Crippen LogP contribution in [0, 0.1) is 5.41 Å². The number of nitrogens with one attached hydrogen (secondary N) is 1. The molecule has 2 heterocycles. The minimum absolute atomic E-state index is 0. The molecule has 9 heteroatoms. The first-order valence-corrected chi connectivity index (χ1v) is 8.40. The third-order valence-corrected chi connectivity index (χ3v) is 4.16. The number of hydrogen-bond donors (Lipinski definition) is 2. The number of carbonyl (C=O) groups excluding carboxylic acids is 1. The second kappa shape index (κ2) is 10.1. The number of carbonyl (C=O) groups is 1. The Labute approximate surface area is 149 Å². The van der Waals surface area contributed by atoms with Crippen LogP contribution in [0.5, 0.6) is 0 Å². The number of aryl methyl sites for hydroxylation is 1. The number of hydrogen-bond acceptors (Lipinski definition) is 4. The van der Waals surface area contributed by atoms with Gasteiger partial charge in [-0.15, -0.1) is 17.5 Å². The van der Waals surface area contributed by atoms with Gasteiger partial charge in [0.05, 0.1) is 6.20 Å². The van der Waals surface area contributed by atoms with Crippen LogP contribution in [0.3, 0.4) is 0 Å². The fraction of sp³-hybridized carbons (Fsp3) is 0.733.